The maximum absolute atomic E-state index is 11.5. The summed E-state index contributed by atoms with van der Waals surface area (Å²) < 4.78 is 5.47. The molecule has 3 rings (SSSR count). The van der Waals surface area contributed by atoms with Gasteiger partial charge in [0.25, 0.3) is 0 Å². The van der Waals surface area contributed by atoms with Crippen LogP contribution in [0.5, 0.6) is 5.75 Å². The summed E-state index contributed by atoms with van der Waals surface area (Å²) in [6, 6.07) is 12.3. The van der Waals surface area contributed by atoms with Crippen LogP contribution in [0.2, 0.25) is 5.02 Å². The number of ether oxygens (including phenoxy) is 1. The Balaban J connectivity index is 1.88. The number of nitrogens with two attached hydrogens (primary N) is 1. The Morgan fingerprint density at radius 1 is 1.17 bits per heavy atom. The lowest BCUT2D eigenvalue weighted by Crippen LogP contribution is -2.58. The summed E-state index contributed by atoms with van der Waals surface area (Å²) in [5, 5.41) is 31.4. The number of halogens is 1. The van der Waals surface area contributed by atoms with Gasteiger partial charge in [0.15, 0.2) is 0 Å². The highest BCUT2D eigenvalue weighted by Gasteiger charge is 2.42. The number of hydrogen-bond acceptors (Lipinski definition) is 6. The SMILES string of the molecule is CCOc1ccc(Cc2cc([C@H]3[C@H](O)[C@@H](O)C(O)CN3CC(N)=O)ccc2Cl)cc1. The minimum Gasteiger partial charge on any atom is -0.494 e. The van der Waals surface area contributed by atoms with E-state index in [4.69, 9.17) is 22.1 Å². The third kappa shape index (κ3) is 5.11. The lowest BCUT2D eigenvalue weighted by atomic mass is 9.87. The quantitative estimate of drug-likeness (QED) is 0.521. The first kappa shape index (κ1) is 22.5. The lowest BCUT2D eigenvalue weighted by Gasteiger charge is -2.43. The summed E-state index contributed by atoms with van der Waals surface area (Å²) in [4.78, 5) is 13.1. The average molecular weight is 435 g/mol. The molecule has 0 bridgehead atoms. The smallest absolute Gasteiger partial charge is 0.231 e. The molecule has 1 aliphatic rings. The standard InChI is InChI=1S/C22H27ClN2O5/c1-2-30-16-6-3-13(4-7-16)9-15-10-14(5-8-17(15)23)20-22(29)21(28)18(26)11-25(20)12-19(24)27/h3-8,10,18,20-22,26,28-29H,2,9,11-12H2,1H3,(H2,24,27)/t18?,20-,21-,22-/m0/s1. The molecule has 1 fully saturated rings. The molecule has 1 heterocycles. The maximum atomic E-state index is 11.5. The molecule has 2 aromatic carbocycles. The Hall–Kier alpha value is -2.16. The third-order valence-corrected chi connectivity index (χ3v) is 5.65. The van der Waals surface area contributed by atoms with Crippen molar-refractivity contribution in [1.29, 1.82) is 0 Å². The fraction of sp³-hybridized carbons (Fsp3) is 0.409. The van der Waals surface area contributed by atoms with Crippen LogP contribution in [0.1, 0.15) is 29.7 Å². The van der Waals surface area contributed by atoms with Crippen LogP contribution >= 0.6 is 11.6 Å². The Kier molecular flexibility index (Phi) is 7.33. The Labute approximate surface area is 180 Å². The molecular weight excluding hydrogens is 408 g/mol. The molecule has 5 N–H and O–H groups in total. The van der Waals surface area contributed by atoms with Crippen LogP contribution in [0.4, 0.5) is 0 Å². The summed E-state index contributed by atoms with van der Waals surface area (Å²) in [7, 11) is 0. The first-order chi connectivity index (χ1) is 14.3. The van der Waals surface area contributed by atoms with Gasteiger partial charge in [0.2, 0.25) is 5.91 Å². The molecule has 30 heavy (non-hydrogen) atoms. The van der Waals surface area contributed by atoms with Gasteiger partial charge in [-0.05, 0) is 48.2 Å². The Morgan fingerprint density at radius 2 is 1.87 bits per heavy atom. The number of nitrogens with zero attached hydrogens (tertiary/aromatic N) is 1. The van der Waals surface area contributed by atoms with Crippen molar-refractivity contribution in [3.63, 3.8) is 0 Å². The zero-order valence-electron chi connectivity index (χ0n) is 16.7. The van der Waals surface area contributed by atoms with E-state index in [2.05, 4.69) is 0 Å². The molecule has 0 aromatic heterocycles. The molecule has 2 aromatic rings. The van der Waals surface area contributed by atoms with Gasteiger partial charge in [-0.1, -0.05) is 35.9 Å². The first-order valence-electron chi connectivity index (χ1n) is 9.86. The molecule has 1 aliphatic heterocycles. The molecule has 8 heteroatoms. The van der Waals surface area contributed by atoms with Gasteiger partial charge in [0, 0.05) is 11.6 Å². The van der Waals surface area contributed by atoms with Crippen molar-refractivity contribution >= 4 is 17.5 Å². The van der Waals surface area contributed by atoms with Gasteiger partial charge >= 0.3 is 0 Å². The maximum Gasteiger partial charge on any atom is 0.231 e. The van der Waals surface area contributed by atoms with Gasteiger partial charge in [-0.2, -0.15) is 0 Å². The van der Waals surface area contributed by atoms with E-state index < -0.39 is 30.3 Å². The normalized spacial score (nSPS) is 24.6. The number of likely N-dealkylation sites (tertiary alicyclic amines) is 1. The van der Waals surface area contributed by atoms with Gasteiger partial charge < -0.3 is 25.8 Å². The van der Waals surface area contributed by atoms with Crippen molar-refractivity contribution < 1.29 is 24.9 Å². The van der Waals surface area contributed by atoms with Gasteiger partial charge in [0.1, 0.15) is 18.0 Å². The van der Waals surface area contributed by atoms with Crippen molar-refractivity contribution in [1.82, 2.24) is 4.90 Å². The molecule has 0 aliphatic carbocycles. The summed E-state index contributed by atoms with van der Waals surface area (Å²) >= 11 is 6.41. The summed E-state index contributed by atoms with van der Waals surface area (Å²) in [6.07, 6.45) is -3.23. The van der Waals surface area contributed by atoms with Gasteiger partial charge in [-0.15, -0.1) is 0 Å². The number of β-amino-alcohol motifs (C(OH)–C–C–N with tert-alkyl or cyclic N) is 1. The second-order valence-corrected chi connectivity index (χ2v) is 7.90. The molecule has 0 radical (unpaired) electrons. The molecule has 0 saturated carbocycles. The highest BCUT2D eigenvalue weighted by atomic mass is 35.5. The second-order valence-electron chi connectivity index (χ2n) is 7.49. The van der Waals surface area contributed by atoms with E-state index in [9.17, 15) is 20.1 Å². The van der Waals surface area contributed by atoms with Crippen molar-refractivity contribution in [3.8, 4) is 5.75 Å². The number of aliphatic hydroxyl groups excluding tert-OH is 3. The number of hydrogen-bond donors (Lipinski definition) is 4. The largest absolute Gasteiger partial charge is 0.494 e. The molecule has 162 valence electrons. The summed E-state index contributed by atoms with van der Waals surface area (Å²) in [5.74, 6) is 0.209. The Bertz CT molecular complexity index is 876. The number of carbonyl (C=O) groups excluding carboxylic acids is 1. The highest BCUT2D eigenvalue weighted by Crippen LogP contribution is 2.34. The van der Waals surface area contributed by atoms with E-state index in [-0.39, 0.29) is 13.1 Å². The van der Waals surface area contributed by atoms with Crippen molar-refractivity contribution in [2.24, 2.45) is 5.73 Å². The first-order valence-corrected chi connectivity index (χ1v) is 10.2. The number of carbonyl (C=O) groups is 1. The third-order valence-electron chi connectivity index (χ3n) is 5.28. The predicted molar refractivity (Wildman–Crippen MR) is 113 cm³/mol. The summed E-state index contributed by atoms with van der Waals surface area (Å²) in [6.45, 7) is 2.39. The topological polar surface area (TPSA) is 116 Å². The molecule has 0 spiro atoms. The summed E-state index contributed by atoms with van der Waals surface area (Å²) in [5.41, 5.74) is 7.89. The predicted octanol–water partition coefficient (Wildman–Crippen LogP) is 1.25. The van der Waals surface area contributed by atoms with Gasteiger partial charge in [-0.3, -0.25) is 9.69 Å². The lowest BCUT2D eigenvalue weighted by molar-refractivity contribution is -0.145. The second kappa shape index (κ2) is 9.76. The molecule has 4 atom stereocenters. The molecule has 7 nitrogen and oxygen atoms in total. The number of piperidine rings is 1. The van der Waals surface area contributed by atoms with E-state index in [1.165, 1.54) is 0 Å². The fourth-order valence-corrected chi connectivity index (χ4v) is 4.05. The van der Waals surface area contributed by atoms with Gasteiger partial charge in [-0.25, -0.2) is 0 Å². The average Bonchev–Trinajstić information content (AvgIpc) is 2.70. The van der Waals surface area contributed by atoms with Crippen LogP contribution in [-0.4, -0.2) is 64.1 Å². The fourth-order valence-electron chi connectivity index (χ4n) is 3.87. The minimum atomic E-state index is -1.33. The molecule has 1 unspecified atom stereocenters. The van der Waals surface area contributed by atoms with Crippen molar-refractivity contribution in [2.75, 3.05) is 19.7 Å². The highest BCUT2D eigenvalue weighted by molar-refractivity contribution is 6.31. The minimum absolute atomic E-state index is 0.0166. The van der Waals surface area contributed by atoms with Crippen LogP contribution < -0.4 is 10.5 Å². The van der Waals surface area contributed by atoms with Crippen LogP contribution in [0.15, 0.2) is 42.5 Å². The van der Waals surface area contributed by atoms with E-state index in [1.807, 2.05) is 37.3 Å². The molecule has 1 amide bonds. The van der Waals surface area contributed by atoms with Crippen LogP contribution in [0.3, 0.4) is 0 Å². The molecule has 1 saturated heterocycles. The van der Waals surface area contributed by atoms with Crippen molar-refractivity contribution in [2.45, 2.75) is 37.7 Å². The van der Waals surface area contributed by atoms with Crippen LogP contribution in [0, 0.1) is 0 Å². The van der Waals surface area contributed by atoms with E-state index >= 15 is 0 Å². The zero-order valence-corrected chi connectivity index (χ0v) is 17.5. The van der Waals surface area contributed by atoms with Crippen LogP contribution in [0.25, 0.3) is 0 Å². The number of aliphatic hydroxyl groups is 3. The monoisotopic (exact) mass is 434 g/mol. The van der Waals surface area contributed by atoms with Gasteiger partial charge in [0.05, 0.1) is 25.3 Å². The number of benzene rings is 2. The number of primary amides is 1. The zero-order chi connectivity index (χ0) is 21.8. The van der Waals surface area contributed by atoms with E-state index in [0.717, 1.165) is 16.9 Å². The van der Waals surface area contributed by atoms with Crippen LogP contribution in [-0.2, 0) is 11.2 Å². The molecular formula is C22H27ClN2O5. The van der Waals surface area contributed by atoms with Crippen molar-refractivity contribution in [3.05, 3.63) is 64.2 Å². The van der Waals surface area contributed by atoms with E-state index in [1.54, 1.807) is 17.0 Å². The Morgan fingerprint density at radius 3 is 2.50 bits per heavy atom. The van der Waals surface area contributed by atoms with E-state index in [0.29, 0.717) is 23.6 Å². The number of amides is 1. The number of rotatable bonds is 7.